The molecule has 2 aromatic rings. The fraction of sp³-hybridized carbons (Fsp3) is 0.357. The Kier molecular flexibility index (Phi) is 4.76. The molecule has 0 aromatic carbocycles. The summed E-state index contributed by atoms with van der Waals surface area (Å²) in [5.74, 6) is 1.40. The number of rotatable bonds is 6. The van der Waals surface area contributed by atoms with Crippen molar-refractivity contribution < 1.29 is 9.47 Å². The van der Waals surface area contributed by atoms with Crippen LogP contribution in [-0.2, 0) is 13.1 Å². The number of nitrogens with one attached hydrogen (secondary N) is 1. The lowest BCUT2D eigenvalue weighted by molar-refractivity contribution is 0.348. The van der Waals surface area contributed by atoms with Crippen LogP contribution in [0.4, 0.5) is 0 Å². The third-order valence-electron chi connectivity index (χ3n) is 2.91. The largest absolute Gasteiger partial charge is 0.493 e. The van der Waals surface area contributed by atoms with Crippen molar-refractivity contribution in [2.45, 2.75) is 20.0 Å². The Bertz CT molecular complexity index is 540. The molecule has 0 saturated carbocycles. The van der Waals surface area contributed by atoms with Gasteiger partial charge in [-0.25, -0.2) is 0 Å². The summed E-state index contributed by atoms with van der Waals surface area (Å²) < 4.78 is 10.6. The zero-order chi connectivity index (χ0) is 13.7. The zero-order valence-electron chi connectivity index (χ0n) is 11.4. The highest BCUT2D eigenvalue weighted by molar-refractivity contribution is 7.10. The standard InChI is InChI=1S/C14H18N2O2S/c1-10-5-7-19-13(10)9-15-8-11-14(18-3)12(17-2)4-6-16-11/h4-7,15H,8-9H2,1-3H3. The van der Waals surface area contributed by atoms with Gasteiger partial charge in [0.25, 0.3) is 0 Å². The molecule has 0 aliphatic rings. The quantitative estimate of drug-likeness (QED) is 0.882. The Morgan fingerprint density at radius 2 is 2.05 bits per heavy atom. The van der Waals surface area contributed by atoms with E-state index in [2.05, 4.69) is 28.7 Å². The van der Waals surface area contributed by atoms with Crippen LogP contribution in [0.3, 0.4) is 0 Å². The number of pyridine rings is 1. The number of aromatic nitrogens is 1. The number of hydrogen-bond acceptors (Lipinski definition) is 5. The normalized spacial score (nSPS) is 10.5. The lowest BCUT2D eigenvalue weighted by Gasteiger charge is -2.12. The molecule has 0 bridgehead atoms. The fourth-order valence-electron chi connectivity index (χ4n) is 1.86. The first-order valence-corrected chi connectivity index (χ1v) is 6.93. The van der Waals surface area contributed by atoms with Crippen LogP contribution < -0.4 is 14.8 Å². The first-order chi connectivity index (χ1) is 9.26. The van der Waals surface area contributed by atoms with E-state index in [1.54, 1.807) is 37.8 Å². The summed E-state index contributed by atoms with van der Waals surface area (Å²) in [7, 11) is 3.26. The summed E-state index contributed by atoms with van der Waals surface area (Å²) in [6.07, 6.45) is 1.73. The lowest BCUT2D eigenvalue weighted by atomic mass is 10.2. The van der Waals surface area contributed by atoms with Crippen LogP contribution in [0.1, 0.15) is 16.1 Å². The lowest BCUT2D eigenvalue weighted by Crippen LogP contribution is -2.14. The maximum absolute atomic E-state index is 5.35. The smallest absolute Gasteiger partial charge is 0.183 e. The van der Waals surface area contributed by atoms with Gasteiger partial charge in [0.05, 0.1) is 19.9 Å². The van der Waals surface area contributed by atoms with Gasteiger partial charge in [-0.1, -0.05) is 0 Å². The third-order valence-corrected chi connectivity index (χ3v) is 3.94. The number of ether oxygens (including phenoxy) is 2. The SMILES string of the molecule is COc1ccnc(CNCc2sccc2C)c1OC. The average Bonchev–Trinajstić information content (AvgIpc) is 2.84. The minimum Gasteiger partial charge on any atom is -0.493 e. The molecular formula is C14H18N2O2S. The van der Waals surface area contributed by atoms with Crippen molar-refractivity contribution in [1.29, 1.82) is 0 Å². The van der Waals surface area contributed by atoms with Crippen LogP contribution in [0.5, 0.6) is 11.5 Å². The molecule has 2 heterocycles. The molecule has 0 saturated heterocycles. The van der Waals surface area contributed by atoms with Crippen molar-refractivity contribution in [3.63, 3.8) is 0 Å². The molecule has 0 aliphatic carbocycles. The maximum Gasteiger partial charge on any atom is 0.183 e. The average molecular weight is 278 g/mol. The van der Waals surface area contributed by atoms with Crippen LogP contribution >= 0.6 is 11.3 Å². The summed E-state index contributed by atoms with van der Waals surface area (Å²) in [5.41, 5.74) is 2.18. The van der Waals surface area contributed by atoms with Gasteiger partial charge < -0.3 is 14.8 Å². The second-order valence-electron chi connectivity index (χ2n) is 4.12. The van der Waals surface area contributed by atoms with Crippen molar-refractivity contribution in [1.82, 2.24) is 10.3 Å². The second-order valence-corrected chi connectivity index (χ2v) is 5.12. The molecule has 0 aliphatic heterocycles. The Hall–Kier alpha value is -1.59. The van der Waals surface area contributed by atoms with Gasteiger partial charge in [0.1, 0.15) is 0 Å². The van der Waals surface area contributed by atoms with Crippen LogP contribution in [0, 0.1) is 6.92 Å². The molecular weight excluding hydrogens is 260 g/mol. The second kappa shape index (κ2) is 6.54. The fourth-order valence-corrected chi connectivity index (χ4v) is 2.73. The predicted octanol–water partition coefficient (Wildman–Crippen LogP) is 2.76. The Morgan fingerprint density at radius 1 is 1.21 bits per heavy atom. The Labute approximate surface area is 117 Å². The van der Waals surface area contributed by atoms with E-state index < -0.39 is 0 Å². The minimum absolute atomic E-state index is 0.651. The van der Waals surface area contributed by atoms with E-state index in [1.807, 2.05) is 0 Å². The Morgan fingerprint density at radius 3 is 2.68 bits per heavy atom. The van der Waals surface area contributed by atoms with E-state index in [9.17, 15) is 0 Å². The van der Waals surface area contributed by atoms with Gasteiger partial charge in [0.15, 0.2) is 11.5 Å². The minimum atomic E-state index is 0.651. The molecule has 0 amide bonds. The summed E-state index contributed by atoms with van der Waals surface area (Å²) in [4.78, 5) is 5.68. The van der Waals surface area contributed by atoms with E-state index in [0.717, 1.165) is 12.2 Å². The first-order valence-electron chi connectivity index (χ1n) is 6.05. The predicted molar refractivity (Wildman–Crippen MR) is 76.9 cm³/mol. The topological polar surface area (TPSA) is 43.4 Å². The van der Waals surface area contributed by atoms with Gasteiger partial charge in [0.2, 0.25) is 0 Å². The van der Waals surface area contributed by atoms with Crippen LogP contribution in [0.25, 0.3) is 0 Å². The van der Waals surface area contributed by atoms with Crippen molar-refractivity contribution in [2.75, 3.05) is 14.2 Å². The van der Waals surface area contributed by atoms with Crippen molar-refractivity contribution in [3.8, 4) is 11.5 Å². The monoisotopic (exact) mass is 278 g/mol. The van der Waals surface area contributed by atoms with E-state index >= 15 is 0 Å². The highest BCUT2D eigenvalue weighted by Crippen LogP contribution is 2.28. The molecule has 0 atom stereocenters. The number of nitrogens with zero attached hydrogens (tertiary/aromatic N) is 1. The van der Waals surface area contributed by atoms with Gasteiger partial charge in [-0.05, 0) is 23.9 Å². The molecule has 4 nitrogen and oxygen atoms in total. The van der Waals surface area contributed by atoms with E-state index in [1.165, 1.54) is 10.4 Å². The molecule has 102 valence electrons. The van der Waals surface area contributed by atoms with Crippen LogP contribution in [0.15, 0.2) is 23.7 Å². The molecule has 1 N–H and O–H groups in total. The maximum atomic E-state index is 5.35. The molecule has 0 unspecified atom stereocenters. The van der Waals surface area contributed by atoms with Gasteiger partial charge in [-0.2, -0.15) is 0 Å². The Balaban J connectivity index is 2.01. The van der Waals surface area contributed by atoms with Crippen molar-refractivity contribution in [3.05, 3.63) is 39.8 Å². The molecule has 0 radical (unpaired) electrons. The molecule has 2 rings (SSSR count). The number of aryl methyl sites for hydroxylation is 1. The van der Waals surface area contributed by atoms with Gasteiger partial charge in [-0.3, -0.25) is 4.98 Å². The molecule has 0 spiro atoms. The molecule has 5 heteroatoms. The number of hydrogen-bond donors (Lipinski definition) is 1. The van der Waals surface area contributed by atoms with Gasteiger partial charge >= 0.3 is 0 Å². The highest BCUT2D eigenvalue weighted by Gasteiger charge is 2.10. The number of methoxy groups -OCH3 is 2. The van der Waals surface area contributed by atoms with E-state index in [-0.39, 0.29) is 0 Å². The van der Waals surface area contributed by atoms with E-state index in [4.69, 9.17) is 9.47 Å². The summed E-state index contributed by atoms with van der Waals surface area (Å²) in [6.45, 7) is 3.61. The number of thiophene rings is 1. The molecule has 2 aromatic heterocycles. The third kappa shape index (κ3) is 3.24. The zero-order valence-corrected chi connectivity index (χ0v) is 12.2. The summed E-state index contributed by atoms with van der Waals surface area (Å²) >= 11 is 1.76. The molecule has 0 fully saturated rings. The first kappa shape index (κ1) is 13.8. The van der Waals surface area contributed by atoms with Gasteiger partial charge in [-0.15, -0.1) is 11.3 Å². The van der Waals surface area contributed by atoms with Gasteiger partial charge in [0, 0.05) is 30.2 Å². The van der Waals surface area contributed by atoms with Crippen molar-refractivity contribution >= 4 is 11.3 Å². The van der Waals surface area contributed by atoms with Crippen molar-refractivity contribution in [2.24, 2.45) is 0 Å². The van der Waals surface area contributed by atoms with Crippen LogP contribution in [0.2, 0.25) is 0 Å². The van der Waals surface area contributed by atoms with E-state index in [0.29, 0.717) is 18.0 Å². The summed E-state index contributed by atoms with van der Waals surface area (Å²) in [5, 5.41) is 5.49. The molecule has 19 heavy (non-hydrogen) atoms. The highest BCUT2D eigenvalue weighted by atomic mass is 32.1. The van der Waals surface area contributed by atoms with Crippen LogP contribution in [-0.4, -0.2) is 19.2 Å². The summed E-state index contributed by atoms with van der Waals surface area (Å²) in [6, 6.07) is 3.93.